The summed E-state index contributed by atoms with van der Waals surface area (Å²) in [6, 6.07) is 17.7. The number of nitrogens with one attached hydrogen (secondary N) is 1. The molecule has 0 aliphatic carbocycles. The van der Waals surface area contributed by atoms with Crippen LogP contribution in [0, 0.1) is 0 Å². The van der Waals surface area contributed by atoms with E-state index in [4.69, 9.17) is 5.11 Å². The van der Waals surface area contributed by atoms with Crippen LogP contribution < -0.4 is 0 Å². The zero-order valence-corrected chi connectivity index (χ0v) is 11.3. The van der Waals surface area contributed by atoms with E-state index in [1.165, 1.54) is 0 Å². The fourth-order valence-electron chi connectivity index (χ4n) is 2.27. The predicted molar refractivity (Wildman–Crippen MR) is 80.8 cm³/mol. The molecule has 0 amide bonds. The van der Waals surface area contributed by atoms with E-state index in [1.807, 2.05) is 48.5 Å². The fraction of sp³-hybridized carbons (Fsp3) is 0.0588. The Morgan fingerprint density at radius 2 is 1.76 bits per heavy atom. The van der Waals surface area contributed by atoms with Gasteiger partial charge >= 0.3 is 5.97 Å². The van der Waals surface area contributed by atoms with Crippen molar-refractivity contribution in [2.75, 3.05) is 0 Å². The second kappa shape index (κ2) is 5.63. The van der Waals surface area contributed by atoms with Gasteiger partial charge in [0.25, 0.3) is 0 Å². The third kappa shape index (κ3) is 3.00. The molecular formula is C17H14N2O2. The Bertz CT molecular complexity index is 747. The van der Waals surface area contributed by atoms with Gasteiger partial charge in [0.1, 0.15) is 0 Å². The molecule has 1 aromatic heterocycles. The van der Waals surface area contributed by atoms with Crippen molar-refractivity contribution in [2.24, 2.45) is 0 Å². The van der Waals surface area contributed by atoms with Crippen LogP contribution in [0.3, 0.4) is 0 Å². The number of nitrogens with zero attached hydrogens (tertiary/aromatic N) is 1. The minimum atomic E-state index is -0.816. The van der Waals surface area contributed by atoms with E-state index in [2.05, 4.69) is 16.3 Å². The van der Waals surface area contributed by atoms with Crippen LogP contribution in [0.5, 0.6) is 0 Å². The maximum absolute atomic E-state index is 10.7. The standard InChI is InChI=1S/C17H14N2O2/c20-17(21)10-12-4-6-13(7-5-12)14-2-1-3-15(11-14)16-8-9-18-19-16/h1-9,11H,10H2,(H,18,19)(H,20,21). The van der Waals surface area contributed by atoms with E-state index < -0.39 is 5.97 Å². The van der Waals surface area contributed by atoms with Crippen LogP contribution in [-0.2, 0) is 11.2 Å². The molecule has 3 rings (SSSR count). The van der Waals surface area contributed by atoms with E-state index in [-0.39, 0.29) is 6.42 Å². The molecule has 0 aliphatic heterocycles. The minimum Gasteiger partial charge on any atom is -0.481 e. The largest absolute Gasteiger partial charge is 0.481 e. The smallest absolute Gasteiger partial charge is 0.307 e. The van der Waals surface area contributed by atoms with Crippen LogP contribution in [0.1, 0.15) is 5.56 Å². The summed E-state index contributed by atoms with van der Waals surface area (Å²) in [5.41, 5.74) is 4.99. The van der Waals surface area contributed by atoms with E-state index >= 15 is 0 Å². The molecular weight excluding hydrogens is 264 g/mol. The number of carboxylic acids is 1. The van der Waals surface area contributed by atoms with E-state index in [1.54, 1.807) is 6.20 Å². The molecule has 21 heavy (non-hydrogen) atoms. The molecule has 0 atom stereocenters. The molecule has 1 heterocycles. The number of hydrogen-bond donors (Lipinski definition) is 2. The summed E-state index contributed by atoms with van der Waals surface area (Å²) in [7, 11) is 0. The van der Waals surface area contributed by atoms with Gasteiger partial charge in [0, 0.05) is 11.8 Å². The van der Waals surface area contributed by atoms with E-state index in [0.29, 0.717) is 0 Å². The van der Waals surface area contributed by atoms with Gasteiger partial charge < -0.3 is 5.11 Å². The third-order valence-corrected chi connectivity index (χ3v) is 3.32. The van der Waals surface area contributed by atoms with Gasteiger partial charge in [-0.15, -0.1) is 0 Å². The molecule has 3 aromatic rings. The first-order valence-corrected chi connectivity index (χ1v) is 6.63. The van der Waals surface area contributed by atoms with Gasteiger partial charge in [-0.3, -0.25) is 9.89 Å². The Labute approximate surface area is 122 Å². The average Bonchev–Trinajstić information content (AvgIpc) is 3.02. The number of rotatable bonds is 4. The van der Waals surface area contributed by atoms with Crippen molar-refractivity contribution < 1.29 is 9.90 Å². The molecule has 0 saturated heterocycles. The fourth-order valence-corrected chi connectivity index (χ4v) is 2.27. The molecule has 0 aliphatic rings. The molecule has 0 bridgehead atoms. The first-order valence-electron chi connectivity index (χ1n) is 6.63. The minimum absolute atomic E-state index is 0.0501. The highest BCUT2D eigenvalue weighted by molar-refractivity contribution is 5.73. The normalized spacial score (nSPS) is 10.5. The maximum Gasteiger partial charge on any atom is 0.307 e. The van der Waals surface area contributed by atoms with Crippen molar-refractivity contribution in [3.63, 3.8) is 0 Å². The van der Waals surface area contributed by atoms with Gasteiger partial charge in [-0.05, 0) is 28.8 Å². The Morgan fingerprint density at radius 3 is 2.43 bits per heavy atom. The SMILES string of the molecule is O=C(O)Cc1ccc(-c2cccc(-c3ccn[nH]3)c2)cc1. The van der Waals surface area contributed by atoms with Gasteiger partial charge in [0.15, 0.2) is 0 Å². The number of benzene rings is 2. The number of carboxylic acid groups (broad SMARTS) is 1. The Balaban J connectivity index is 1.90. The van der Waals surface area contributed by atoms with Crippen LogP contribution in [0.2, 0.25) is 0 Å². The van der Waals surface area contributed by atoms with Crippen molar-refractivity contribution in [1.29, 1.82) is 0 Å². The highest BCUT2D eigenvalue weighted by Gasteiger charge is 2.04. The predicted octanol–water partition coefficient (Wildman–Crippen LogP) is 3.37. The second-order valence-electron chi connectivity index (χ2n) is 4.82. The topological polar surface area (TPSA) is 66.0 Å². The average molecular weight is 278 g/mol. The summed E-state index contributed by atoms with van der Waals surface area (Å²) >= 11 is 0. The summed E-state index contributed by atoms with van der Waals surface area (Å²) in [4.78, 5) is 10.7. The van der Waals surface area contributed by atoms with E-state index in [0.717, 1.165) is 27.9 Å². The maximum atomic E-state index is 10.7. The molecule has 0 unspecified atom stereocenters. The number of carbonyl (C=O) groups is 1. The zero-order chi connectivity index (χ0) is 14.7. The van der Waals surface area contributed by atoms with Gasteiger partial charge in [-0.1, -0.05) is 42.5 Å². The van der Waals surface area contributed by atoms with Gasteiger partial charge in [0.05, 0.1) is 12.1 Å². The molecule has 0 fully saturated rings. The molecule has 0 saturated carbocycles. The van der Waals surface area contributed by atoms with Crippen molar-refractivity contribution in [1.82, 2.24) is 10.2 Å². The zero-order valence-electron chi connectivity index (χ0n) is 11.3. The summed E-state index contributed by atoms with van der Waals surface area (Å²) in [6.07, 6.45) is 1.77. The lowest BCUT2D eigenvalue weighted by Gasteiger charge is -2.05. The molecule has 4 heteroatoms. The lowest BCUT2D eigenvalue weighted by molar-refractivity contribution is -0.136. The van der Waals surface area contributed by atoms with Crippen molar-refractivity contribution in [3.8, 4) is 22.4 Å². The Kier molecular flexibility index (Phi) is 3.51. The van der Waals surface area contributed by atoms with Crippen LogP contribution in [-0.4, -0.2) is 21.3 Å². The molecule has 2 aromatic carbocycles. The monoisotopic (exact) mass is 278 g/mol. The van der Waals surface area contributed by atoms with Crippen molar-refractivity contribution in [3.05, 3.63) is 66.4 Å². The Morgan fingerprint density at radius 1 is 1.00 bits per heavy atom. The summed E-state index contributed by atoms with van der Waals surface area (Å²) in [5, 5.41) is 15.7. The number of aliphatic carboxylic acids is 1. The van der Waals surface area contributed by atoms with Crippen LogP contribution >= 0.6 is 0 Å². The first-order chi connectivity index (χ1) is 10.2. The van der Waals surface area contributed by atoms with Crippen LogP contribution in [0.25, 0.3) is 22.4 Å². The molecule has 4 nitrogen and oxygen atoms in total. The van der Waals surface area contributed by atoms with Gasteiger partial charge in [-0.2, -0.15) is 5.10 Å². The van der Waals surface area contributed by atoms with Crippen molar-refractivity contribution >= 4 is 5.97 Å². The van der Waals surface area contributed by atoms with Crippen LogP contribution in [0.15, 0.2) is 60.8 Å². The summed E-state index contributed by atoms with van der Waals surface area (Å²) < 4.78 is 0. The number of hydrogen-bond acceptors (Lipinski definition) is 2. The second-order valence-corrected chi connectivity index (χ2v) is 4.82. The highest BCUT2D eigenvalue weighted by atomic mass is 16.4. The number of aromatic amines is 1. The van der Waals surface area contributed by atoms with Gasteiger partial charge in [0.2, 0.25) is 0 Å². The summed E-state index contributed by atoms with van der Waals surface area (Å²) in [6.45, 7) is 0. The lowest BCUT2D eigenvalue weighted by Crippen LogP contribution is -1.99. The Hall–Kier alpha value is -2.88. The lowest BCUT2D eigenvalue weighted by atomic mass is 10.00. The van der Waals surface area contributed by atoms with Crippen LogP contribution in [0.4, 0.5) is 0 Å². The quantitative estimate of drug-likeness (QED) is 0.769. The number of H-pyrrole nitrogens is 1. The molecule has 2 N–H and O–H groups in total. The summed E-state index contributed by atoms with van der Waals surface area (Å²) in [5.74, 6) is -0.816. The first kappa shape index (κ1) is 13.1. The van der Waals surface area contributed by atoms with Crippen molar-refractivity contribution in [2.45, 2.75) is 6.42 Å². The number of aromatic nitrogens is 2. The van der Waals surface area contributed by atoms with E-state index in [9.17, 15) is 4.79 Å². The molecule has 0 radical (unpaired) electrons. The molecule has 0 spiro atoms. The third-order valence-electron chi connectivity index (χ3n) is 3.32. The highest BCUT2D eigenvalue weighted by Crippen LogP contribution is 2.25. The molecule has 104 valence electrons. The van der Waals surface area contributed by atoms with Gasteiger partial charge in [-0.25, -0.2) is 0 Å².